The Morgan fingerprint density at radius 3 is 2.83 bits per heavy atom. The van der Waals surface area contributed by atoms with Crippen LogP contribution in [0.3, 0.4) is 0 Å². The van der Waals surface area contributed by atoms with Gasteiger partial charge in [0.25, 0.3) is 0 Å². The van der Waals surface area contributed by atoms with E-state index in [4.69, 9.17) is 4.74 Å². The van der Waals surface area contributed by atoms with Crippen molar-refractivity contribution in [2.45, 2.75) is 45.1 Å². The van der Waals surface area contributed by atoms with E-state index in [1.807, 2.05) is 4.90 Å². The molecule has 0 atom stereocenters. The Balaban J connectivity index is 1.65. The maximum atomic E-state index is 13.9. The Morgan fingerprint density at radius 1 is 1.29 bits per heavy atom. The minimum absolute atomic E-state index is 0.178. The number of ether oxygens (including phenoxy) is 1. The van der Waals surface area contributed by atoms with Gasteiger partial charge in [-0.1, -0.05) is 19.3 Å². The van der Waals surface area contributed by atoms with Gasteiger partial charge in [-0.05, 0) is 18.9 Å². The Kier molecular flexibility index (Phi) is 3.94. The Hall–Kier alpha value is -2.04. The van der Waals surface area contributed by atoms with E-state index in [1.165, 1.54) is 12.5 Å². The molecule has 2 aliphatic rings. The lowest BCUT2D eigenvalue weighted by molar-refractivity contribution is -0.137. The molecule has 2 aromatic rings. The number of aromatic nitrogens is 1. The molecule has 5 heteroatoms. The fourth-order valence-corrected chi connectivity index (χ4v) is 4.21. The fraction of sp³-hybridized carbons (Fsp3) is 0.526. The first-order chi connectivity index (χ1) is 11.7. The first kappa shape index (κ1) is 15.5. The molecule has 4 nitrogen and oxygen atoms in total. The van der Waals surface area contributed by atoms with Crippen molar-refractivity contribution >= 4 is 16.8 Å². The molecule has 1 fully saturated rings. The largest absolute Gasteiger partial charge is 0.494 e. The van der Waals surface area contributed by atoms with Gasteiger partial charge in [-0.15, -0.1) is 0 Å². The Labute approximate surface area is 141 Å². The average Bonchev–Trinajstić information content (AvgIpc) is 2.99. The van der Waals surface area contributed by atoms with Crippen molar-refractivity contribution in [1.29, 1.82) is 0 Å². The highest BCUT2D eigenvalue weighted by Crippen LogP contribution is 2.35. The van der Waals surface area contributed by atoms with E-state index in [9.17, 15) is 9.18 Å². The predicted molar refractivity (Wildman–Crippen MR) is 90.5 cm³/mol. The summed E-state index contributed by atoms with van der Waals surface area (Å²) in [7, 11) is 1.55. The zero-order chi connectivity index (χ0) is 16.7. The number of methoxy groups -OCH3 is 1. The molecule has 0 saturated heterocycles. The van der Waals surface area contributed by atoms with E-state index in [0.717, 1.165) is 60.8 Å². The molecule has 1 aromatic heterocycles. The number of aromatic amines is 1. The quantitative estimate of drug-likeness (QED) is 0.911. The lowest BCUT2D eigenvalue weighted by Gasteiger charge is -2.32. The van der Waals surface area contributed by atoms with Crippen molar-refractivity contribution in [2.24, 2.45) is 5.92 Å². The van der Waals surface area contributed by atoms with Crippen molar-refractivity contribution in [1.82, 2.24) is 9.88 Å². The van der Waals surface area contributed by atoms with E-state index in [0.29, 0.717) is 12.3 Å². The number of nitrogens with one attached hydrogen (secondary N) is 1. The first-order valence-corrected chi connectivity index (χ1v) is 8.83. The molecule has 1 amide bonds. The van der Waals surface area contributed by atoms with E-state index in [2.05, 4.69) is 4.98 Å². The predicted octanol–water partition coefficient (Wildman–Crippen LogP) is 3.78. The summed E-state index contributed by atoms with van der Waals surface area (Å²) in [6.07, 6.45) is 6.37. The standard InChI is InChI=1S/C19H23FN2O2/c1-24-17-10-13(20)9-14-15-11-22(8-7-16(15)21-18(14)17)19(23)12-5-3-2-4-6-12/h9-10,12,21H,2-8,11H2,1H3. The van der Waals surface area contributed by atoms with E-state index in [-0.39, 0.29) is 17.6 Å². The molecule has 0 unspecified atom stereocenters. The normalized spacial score (nSPS) is 18.7. The second kappa shape index (κ2) is 6.11. The number of hydrogen-bond acceptors (Lipinski definition) is 2. The van der Waals surface area contributed by atoms with Gasteiger partial charge >= 0.3 is 0 Å². The Morgan fingerprint density at radius 2 is 2.08 bits per heavy atom. The van der Waals surface area contributed by atoms with Gasteiger partial charge in [0.2, 0.25) is 5.91 Å². The van der Waals surface area contributed by atoms with Gasteiger partial charge in [-0.2, -0.15) is 0 Å². The lowest BCUT2D eigenvalue weighted by Crippen LogP contribution is -2.40. The molecule has 128 valence electrons. The summed E-state index contributed by atoms with van der Waals surface area (Å²) in [6.45, 7) is 1.30. The van der Waals surface area contributed by atoms with Crippen LogP contribution in [0.4, 0.5) is 4.39 Å². The van der Waals surface area contributed by atoms with Crippen molar-refractivity contribution in [2.75, 3.05) is 13.7 Å². The topological polar surface area (TPSA) is 45.3 Å². The van der Waals surface area contributed by atoms with Crippen LogP contribution in [0, 0.1) is 11.7 Å². The van der Waals surface area contributed by atoms with Gasteiger partial charge in [0.15, 0.2) is 0 Å². The maximum Gasteiger partial charge on any atom is 0.225 e. The summed E-state index contributed by atoms with van der Waals surface area (Å²) < 4.78 is 19.2. The van der Waals surface area contributed by atoms with Gasteiger partial charge in [0.05, 0.1) is 12.6 Å². The lowest BCUT2D eigenvalue weighted by atomic mass is 9.87. The van der Waals surface area contributed by atoms with Gasteiger partial charge < -0.3 is 14.6 Å². The fourth-order valence-electron chi connectivity index (χ4n) is 4.21. The van der Waals surface area contributed by atoms with Crippen molar-refractivity contribution < 1.29 is 13.9 Å². The highest BCUT2D eigenvalue weighted by atomic mass is 19.1. The van der Waals surface area contributed by atoms with E-state index >= 15 is 0 Å². The number of nitrogens with zero attached hydrogens (tertiary/aromatic N) is 1. The number of rotatable bonds is 2. The number of H-pyrrole nitrogens is 1. The molecule has 1 saturated carbocycles. The third-order valence-electron chi connectivity index (χ3n) is 5.50. The molecule has 24 heavy (non-hydrogen) atoms. The Bertz CT molecular complexity index is 777. The minimum Gasteiger partial charge on any atom is -0.494 e. The number of hydrogen-bond donors (Lipinski definition) is 1. The van der Waals surface area contributed by atoms with Crippen LogP contribution in [0.2, 0.25) is 0 Å². The maximum absolute atomic E-state index is 13.9. The molecule has 0 spiro atoms. The van der Waals surface area contributed by atoms with Gasteiger partial charge in [-0.3, -0.25) is 4.79 Å². The molecule has 1 aliphatic carbocycles. The summed E-state index contributed by atoms with van der Waals surface area (Å²) in [4.78, 5) is 18.2. The summed E-state index contributed by atoms with van der Waals surface area (Å²) in [5, 5.41) is 0.836. The molecule has 0 bridgehead atoms. The van der Waals surface area contributed by atoms with Gasteiger partial charge in [0, 0.05) is 48.1 Å². The SMILES string of the molecule is COc1cc(F)cc2c3c([nH]c12)CCN(C(=O)C1CCCCC1)C3. The molecular formula is C19H23FN2O2. The summed E-state index contributed by atoms with van der Waals surface area (Å²) in [5.74, 6) is 0.663. The van der Waals surface area contributed by atoms with Crippen LogP contribution in [-0.2, 0) is 17.8 Å². The highest BCUT2D eigenvalue weighted by Gasteiger charge is 2.30. The molecular weight excluding hydrogens is 307 g/mol. The van der Waals surface area contributed by atoms with Gasteiger partial charge in [0.1, 0.15) is 11.6 Å². The minimum atomic E-state index is -0.308. The van der Waals surface area contributed by atoms with Crippen LogP contribution < -0.4 is 4.74 Å². The molecule has 1 aromatic carbocycles. The monoisotopic (exact) mass is 330 g/mol. The number of halogens is 1. The van der Waals surface area contributed by atoms with Crippen LogP contribution in [0.1, 0.15) is 43.4 Å². The average molecular weight is 330 g/mol. The molecule has 1 aliphatic heterocycles. The second-order valence-corrected chi connectivity index (χ2v) is 6.96. The van der Waals surface area contributed by atoms with Crippen LogP contribution >= 0.6 is 0 Å². The van der Waals surface area contributed by atoms with Crippen LogP contribution in [0.25, 0.3) is 10.9 Å². The third kappa shape index (κ3) is 2.56. The summed E-state index contributed by atoms with van der Waals surface area (Å²) in [6, 6.07) is 2.94. The van der Waals surface area contributed by atoms with E-state index < -0.39 is 0 Å². The molecule has 4 rings (SSSR count). The number of amides is 1. The summed E-state index contributed by atoms with van der Waals surface area (Å²) in [5.41, 5.74) is 2.97. The number of benzene rings is 1. The zero-order valence-electron chi connectivity index (χ0n) is 14.0. The number of fused-ring (bicyclic) bond motifs is 3. The molecule has 1 N–H and O–H groups in total. The van der Waals surface area contributed by atoms with E-state index in [1.54, 1.807) is 13.2 Å². The van der Waals surface area contributed by atoms with Gasteiger partial charge in [-0.25, -0.2) is 4.39 Å². The van der Waals surface area contributed by atoms with Crippen molar-refractivity contribution in [3.8, 4) is 5.75 Å². The van der Waals surface area contributed by atoms with Crippen LogP contribution in [0.15, 0.2) is 12.1 Å². The zero-order valence-corrected chi connectivity index (χ0v) is 14.0. The summed E-state index contributed by atoms with van der Waals surface area (Å²) >= 11 is 0. The van der Waals surface area contributed by atoms with Crippen LogP contribution in [0.5, 0.6) is 5.75 Å². The van der Waals surface area contributed by atoms with Crippen molar-refractivity contribution in [3.05, 3.63) is 29.2 Å². The number of carbonyl (C=O) groups excluding carboxylic acids is 1. The molecule has 2 heterocycles. The third-order valence-corrected chi connectivity index (χ3v) is 5.50. The molecule has 0 radical (unpaired) electrons. The highest BCUT2D eigenvalue weighted by molar-refractivity contribution is 5.90. The second-order valence-electron chi connectivity index (χ2n) is 6.96. The smallest absolute Gasteiger partial charge is 0.225 e. The number of carbonyl (C=O) groups is 1. The van der Waals surface area contributed by atoms with Crippen molar-refractivity contribution in [3.63, 3.8) is 0 Å². The van der Waals surface area contributed by atoms with Crippen LogP contribution in [-0.4, -0.2) is 29.4 Å². The first-order valence-electron chi connectivity index (χ1n) is 8.83.